The Balaban J connectivity index is 1.82. The molecule has 5 nitrogen and oxygen atoms in total. The molecule has 1 aromatic carbocycles. The van der Waals surface area contributed by atoms with E-state index in [0.29, 0.717) is 19.4 Å². The van der Waals surface area contributed by atoms with Gasteiger partial charge in [-0.2, -0.15) is 0 Å². The van der Waals surface area contributed by atoms with Gasteiger partial charge in [-0.1, -0.05) is 44.2 Å². The number of carbonyl (C=O) groups is 1. The van der Waals surface area contributed by atoms with Gasteiger partial charge in [0.1, 0.15) is 5.01 Å². The van der Waals surface area contributed by atoms with E-state index in [1.54, 1.807) is 11.3 Å². The van der Waals surface area contributed by atoms with Gasteiger partial charge < -0.3 is 15.7 Å². The van der Waals surface area contributed by atoms with Crippen LogP contribution in [0.2, 0.25) is 0 Å². The first-order valence-corrected chi connectivity index (χ1v) is 8.68. The molecule has 0 radical (unpaired) electrons. The summed E-state index contributed by atoms with van der Waals surface area (Å²) in [6.45, 7) is 4.43. The van der Waals surface area contributed by atoms with Gasteiger partial charge in [-0.15, -0.1) is 11.3 Å². The minimum Gasteiger partial charge on any atom is -0.388 e. The molecule has 124 valence electrons. The van der Waals surface area contributed by atoms with Gasteiger partial charge in [0.05, 0.1) is 17.8 Å². The minimum absolute atomic E-state index is 0.248. The van der Waals surface area contributed by atoms with Crippen molar-refractivity contribution in [3.63, 3.8) is 0 Å². The van der Waals surface area contributed by atoms with Crippen molar-refractivity contribution in [2.75, 3.05) is 6.54 Å². The Labute approximate surface area is 140 Å². The van der Waals surface area contributed by atoms with Gasteiger partial charge >= 0.3 is 6.03 Å². The number of thiazole rings is 1. The lowest BCUT2D eigenvalue weighted by Gasteiger charge is -2.25. The number of hydrogen-bond donors (Lipinski definition) is 3. The molecule has 2 rings (SSSR count). The van der Waals surface area contributed by atoms with Crippen LogP contribution in [0.5, 0.6) is 0 Å². The molecule has 1 aromatic heterocycles. The predicted molar refractivity (Wildman–Crippen MR) is 93.3 cm³/mol. The van der Waals surface area contributed by atoms with Crippen LogP contribution >= 0.6 is 11.3 Å². The van der Waals surface area contributed by atoms with Gasteiger partial charge in [-0.3, -0.25) is 0 Å². The maximum absolute atomic E-state index is 11.8. The summed E-state index contributed by atoms with van der Waals surface area (Å²) in [6.07, 6.45) is 1.21. The lowest BCUT2D eigenvalue weighted by molar-refractivity contribution is 0.0349. The van der Waals surface area contributed by atoms with E-state index >= 15 is 0 Å². The summed E-state index contributed by atoms with van der Waals surface area (Å²) in [5.41, 5.74) is 1.06. The SMILES string of the molecule is CCC(O)(CC)CNC(=O)NCc1csc(-c2ccccc2)n1. The first kappa shape index (κ1) is 17.4. The third kappa shape index (κ3) is 5.04. The van der Waals surface area contributed by atoms with Gasteiger partial charge in [-0.05, 0) is 12.8 Å². The average Bonchev–Trinajstić information content (AvgIpc) is 3.07. The molecular formula is C17H23N3O2S. The van der Waals surface area contributed by atoms with E-state index < -0.39 is 5.60 Å². The lowest BCUT2D eigenvalue weighted by atomic mass is 9.98. The Morgan fingerprint density at radius 2 is 1.91 bits per heavy atom. The number of aromatic nitrogens is 1. The Kier molecular flexibility index (Phi) is 6.12. The normalized spacial score (nSPS) is 11.3. The van der Waals surface area contributed by atoms with Crippen LogP contribution < -0.4 is 10.6 Å². The first-order valence-electron chi connectivity index (χ1n) is 7.80. The summed E-state index contributed by atoms with van der Waals surface area (Å²) in [5.74, 6) is 0. The van der Waals surface area contributed by atoms with E-state index in [1.165, 1.54) is 0 Å². The zero-order valence-corrected chi connectivity index (χ0v) is 14.3. The number of urea groups is 1. The maximum Gasteiger partial charge on any atom is 0.315 e. The summed E-state index contributed by atoms with van der Waals surface area (Å²) in [4.78, 5) is 16.3. The van der Waals surface area contributed by atoms with Gasteiger partial charge in [0, 0.05) is 17.5 Å². The molecule has 2 aromatic rings. The number of nitrogens with zero attached hydrogens (tertiary/aromatic N) is 1. The van der Waals surface area contributed by atoms with Gasteiger partial charge in [0.25, 0.3) is 0 Å². The molecule has 23 heavy (non-hydrogen) atoms. The number of rotatable bonds is 7. The highest BCUT2D eigenvalue weighted by molar-refractivity contribution is 7.13. The van der Waals surface area contributed by atoms with E-state index in [0.717, 1.165) is 16.3 Å². The molecule has 0 saturated carbocycles. The Hall–Kier alpha value is -1.92. The number of nitrogens with one attached hydrogen (secondary N) is 2. The Morgan fingerprint density at radius 3 is 2.57 bits per heavy atom. The monoisotopic (exact) mass is 333 g/mol. The predicted octanol–water partition coefficient (Wildman–Crippen LogP) is 3.16. The lowest BCUT2D eigenvalue weighted by Crippen LogP contribution is -2.45. The third-order valence-corrected chi connectivity index (χ3v) is 4.84. The maximum atomic E-state index is 11.8. The number of benzene rings is 1. The van der Waals surface area contributed by atoms with Crippen LogP contribution in [0.25, 0.3) is 10.6 Å². The molecule has 0 fully saturated rings. The van der Waals surface area contributed by atoms with Gasteiger partial charge in [0.2, 0.25) is 0 Å². The Bertz CT molecular complexity index is 624. The number of amides is 2. The molecule has 0 unspecified atom stereocenters. The van der Waals surface area contributed by atoms with Crippen LogP contribution in [0.4, 0.5) is 4.79 Å². The van der Waals surface area contributed by atoms with Crippen LogP contribution in [0.15, 0.2) is 35.7 Å². The standard InChI is InChI=1S/C17H23N3O2S/c1-3-17(22,4-2)12-19-16(21)18-10-14-11-23-15(20-14)13-8-6-5-7-9-13/h5-9,11,22H,3-4,10,12H2,1-2H3,(H2,18,19,21). The summed E-state index contributed by atoms with van der Waals surface area (Å²) in [5, 5.41) is 18.5. The van der Waals surface area contributed by atoms with E-state index in [-0.39, 0.29) is 12.6 Å². The largest absolute Gasteiger partial charge is 0.388 e. The van der Waals surface area contributed by atoms with Crippen molar-refractivity contribution in [3.8, 4) is 10.6 Å². The van der Waals surface area contributed by atoms with E-state index in [1.807, 2.05) is 49.6 Å². The molecular weight excluding hydrogens is 310 g/mol. The third-order valence-electron chi connectivity index (χ3n) is 3.90. The zero-order valence-electron chi connectivity index (χ0n) is 13.5. The topological polar surface area (TPSA) is 74.2 Å². The van der Waals surface area contributed by atoms with Crippen molar-refractivity contribution in [1.29, 1.82) is 0 Å². The molecule has 1 heterocycles. The highest BCUT2D eigenvalue weighted by atomic mass is 32.1. The molecule has 3 N–H and O–H groups in total. The van der Waals surface area contributed by atoms with Crippen LogP contribution in [0, 0.1) is 0 Å². The molecule has 2 amide bonds. The first-order chi connectivity index (χ1) is 11.1. The van der Waals surface area contributed by atoms with Crippen molar-refractivity contribution in [3.05, 3.63) is 41.4 Å². The van der Waals surface area contributed by atoms with Crippen LogP contribution in [-0.2, 0) is 6.54 Å². The van der Waals surface area contributed by atoms with Crippen molar-refractivity contribution >= 4 is 17.4 Å². The fourth-order valence-electron chi connectivity index (χ4n) is 2.08. The second kappa shape index (κ2) is 8.08. The summed E-state index contributed by atoms with van der Waals surface area (Å²) >= 11 is 1.56. The van der Waals surface area contributed by atoms with Crippen molar-refractivity contribution in [2.24, 2.45) is 0 Å². The fraction of sp³-hybridized carbons (Fsp3) is 0.412. The summed E-state index contributed by atoms with van der Waals surface area (Å²) in [7, 11) is 0. The van der Waals surface area contributed by atoms with Gasteiger partial charge in [0.15, 0.2) is 0 Å². The smallest absolute Gasteiger partial charge is 0.315 e. The zero-order chi connectivity index (χ0) is 16.7. The van der Waals surface area contributed by atoms with Crippen LogP contribution in [-0.4, -0.2) is 28.3 Å². The molecule has 0 spiro atoms. The minimum atomic E-state index is -0.835. The van der Waals surface area contributed by atoms with Crippen LogP contribution in [0.3, 0.4) is 0 Å². The quantitative estimate of drug-likeness (QED) is 0.728. The molecule has 0 saturated heterocycles. The highest BCUT2D eigenvalue weighted by Gasteiger charge is 2.22. The molecule has 0 aliphatic rings. The second-order valence-corrected chi connectivity index (χ2v) is 6.34. The molecule has 0 atom stereocenters. The molecule has 6 heteroatoms. The van der Waals surface area contributed by atoms with Crippen LogP contribution in [0.1, 0.15) is 32.4 Å². The second-order valence-electron chi connectivity index (χ2n) is 5.48. The van der Waals surface area contributed by atoms with Crippen molar-refractivity contribution in [2.45, 2.75) is 38.8 Å². The van der Waals surface area contributed by atoms with E-state index in [4.69, 9.17) is 0 Å². The number of hydrogen-bond acceptors (Lipinski definition) is 4. The highest BCUT2D eigenvalue weighted by Crippen LogP contribution is 2.23. The van der Waals surface area contributed by atoms with E-state index in [2.05, 4.69) is 15.6 Å². The van der Waals surface area contributed by atoms with E-state index in [9.17, 15) is 9.90 Å². The van der Waals surface area contributed by atoms with Gasteiger partial charge in [-0.25, -0.2) is 9.78 Å². The number of aliphatic hydroxyl groups is 1. The molecule has 0 aliphatic heterocycles. The fourth-order valence-corrected chi connectivity index (χ4v) is 2.91. The van der Waals surface area contributed by atoms with Crippen molar-refractivity contribution < 1.29 is 9.90 Å². The average molecular weight is 333 g/mol. The number of carbonyl (C=O) groups excluding carboxylic acids is 1. The molecule has 0 aliphatic carbocycles. The Morgan fingerprint density at radius 1 is 1.22 bits per heavy atom. The van der Waals surface area contributed by atoms with Crippen molar-refractivity contribution in [1.82, 2.24) is 15.6 Å². The summed E-state index contributed by atoms with van der Waals surface area (Å²) < 4.78 is 0. The molecule has 0 bridgehead atoms. The summed E-state index contributed by atoms with van der Waals surface area (Å²) in [6, 6.07) is 9.66.